The summed E-state index contributed by atoms with van der Waals surface area (Å²) < 4.78 is 28.4. The number of hydrogen-bond donors (Lipinski definition) is 2. The van der Waals surface area contributed by atoms with Crippen LogP contribution in [0.1, 0.15) is 31.2 Å². The molecule has 1 aliphatic carbocycles. The summed E-state index contributed by atoms with van der Waals surface area (Å²) in [4.78, 5) is 11.5. The van der Waals surface area contributed by atoms with E-state index in [9.17, 15) is 8.42 Å². The van der Waals surface area contributed by atoms with Gasteiger partial charge in [-0.15, -0.1) is 0 Å². The highest BCUT2D eigenvalue weighted by Crippen LogP contribution is 2.29. The summed E-state index contributed by atoms with van der Waals surface area (Å²) in [6, 6.07) is 22.3. The molecule has 5 rings (SSSR count). The lowest BCUT2D eigenvalue weighted by atomic mass is 9.82. The molecule has 1 aromatic heterocycles. The lowest BCUT2D eigenvalue weighted by Crippen LogP contribution is -2.34. The van der Waals surface area contributed by atoms with Gasteiger partial charge in [0.05, 0.1) is 11.3 Å². The fourth-order valence-electron chi connectivity index (χ4n) is 5.43. The van der Waals surface area contributed by atoms with E-state index in [1.54, 1.807) is 0 Å². The summed E-state index contributed by atoms with van der Waals surface area (Å²) in [5, 5.41) is 6.78. The molecule has 1 aliphatic rings. The molecule has 2 N–H and O–H groups in total. The van der Waals surface area contributed by atoms with Crippen LogP contribution in [0.2, 0.25) is 0 Å². The second-order valence-electron chi connectivity index (χ2n) is 10.6. The topological polar surface area (TPSA) is 87.2 Å². The lowest BCUT2D eigenvalue weighted by molar-refractivity contribution is 0.284. The molecule has 1 heterocycles. The van der Waals surface area contributed by atoms with E-state index in [4.69, 9.17) is 9.97 Å². The van der Waals surface area contributed by atoms with Crippen LogP contribution < -0.4 is 14.9 Å². The van der Waals surface area contributed by atoms with Crippen molar-refractivity contribution in [1.29, 1.82) is 0 Å². The summed E-state index contributed by atoms with van der Waals surface area (Å²) in [6.07, 6.45) is 4.72. The number of nitrogens with one attached hydrogen (secondary N) is 2. The van der Waals surface area contributed by atoms with Crippen LogP contribution in [-0.4, -0.2) is 51.3 Å². The molecule has 0 radical (unpaired) electrons. The summed E-state index contributed by atoms with van der Waals surface area (Å²) in [7, 11) is 0.676. The maximum atomic E-state index is 12.7. The van der Waals surface area contributed by atoms with Crippen molar-refractivity contribution in [2.24, 2.45) is 11.8 Å². The molecule has 3 aromatic carbocycles. The minimum absolute atomic E-state index is 0.112. The molecule has 1 saturated carbocycles. The summed E-state index contributed by atoms with van der Waals surface area (Å²) in [5.41, 5.74) is 2.01. The molecule has 38 heavy (non-hydrogen) atoms. The molecule has 200 valence electrons. The van der Waals surface area contributed by atoms with Gasteiger partial charge in [0, 0.05) is 32.6 Å². The van der Waals surface area contributed by atoms with Gasteiger partial charge >= 0.3 is 0 Å². The number of hydrogen-bond acceptors (Lipinski definition) is 6. The van der Waals surface area contributed by atoms with E-state index >= 15 is 0 Å². The molecule has 0 amide bonds. The molecular weight excluding hydrogens is 494 g/mol. The standard InChI is InChI=1S/C30H37N5O2S/c1-35(2)29-27-12-5-6-13-28(27)33-30(34-29)31-20-22-14-16-23(17-15-22)21-32-38(36,37)19-18-25-10-7-9-24-8-3-4-11-26(24)25/h3-13,22-23,32H,14-21H2,1-2H3,(H,31,33,34). The van der Waals surface area contributed by atoms with Crippen molar-refractivity contribution in [3.63, 3.8) is 0 Å². The average molecular weight is 532 g/mol. The number of benzene rings is 3. The van der Waals surface area contributed by atoms with E-state index in [1.807, 2.05) is 67.5 Å². The number of sulfonamides is 1. The van der Waals surface area contributed by atoms with Gasteiger partial charge in [-0.25, -0.2) is 18.1 Å². The Morgan fingerprint density at radius 2 is 1.47 bits per heavy atom. The number of para-hydroxylation sites is 1. The van der Waals surface area contributed by atoms with Crippen LogP contribution in [0, 0.1) is 11.8 Å². The zero-order chi connectivity index (χ0) is 26.5. The van der Waals surface area contributed by atoms with Crippen molar-refractivity contribution in [1.82, 2.24) is 14.7 Å². The quantitative estimate of drug-likeness (QED) is 0.291. The van der Waals surface area contributed by atoms with Crippen LogP contribution in [0.25, 0.3) is 21.7 Å². The second-order valence-corrected chi connectivity index (χ2v) is 12.5. The van der Waals surface area contributed by atoms with Gasteiger partial charge < -0.3 is 10.2 Å². The second kappa shape index (κ2) is 11.7. The van der Waals surface area contributed by atoms with Gasteiger partial charge in [0.25, 0.3) is 0 Å². The maximum absolute atomic E-state index is 12.7. The lowest BCUT2D eigenvalue weighted by Gasteiger charge is -2.28. The third-order valence-electron chi connectivity index (χ3n) is 7.63. The Balaban J connectivity index is 1.08. The van der Waals surface area contributed by atoms with E-state index in [0.717, 1.165) is 65.3 Å². The first kappa shape index (κ1) is 26.4. The Kier molecular flexibility index (Phi) is 8.09. The Bertz CT molecular complexity index is 1490. The minimum atomic E-state index is -3.32. The van der Waals surface area contributed by atoms with E-state index in [-0.39, 0.29) is 5.75 Å². The highest BCUT2D eigenvalue weighted by atomic mass is 32.2. The SMILES string of the molecule is CN(C)c1nc(NCC2CCC(CNS(=O)(=O)CCc3cccc4ccccc34)CC2)nc2ccccc12. The Morgan fingerprint density at radius 1 is 0.816 bits per heavy atom. The molecule has 8 heteroatoms. The first-order valence-corrected chi connectivity index (χ1v) is 15.1. The van der Waals surface area contributed by atoms with Crippen molar-refractivity contribution in [2.45, 2.75) is 32.1 Å². The number of nitrogens with zero attached hydrogens (tertiary/aromatic N) is 3. The molecule has 0 bridgehead atoms. The Labute approximate surface area is 225 Å². The first-order chi connectivity index (χ1) is 18.4. The van der Waals surface area contributed by atoms with Crippen LogP contribution in [0.5, 0.6) is 0 Å². The van der Waals surface area contributed by atoms with Crippen LogP contribution >= 0.6 is 0 Å². The van der Waals surface area contributed by atoms with E-state index in [0.29, 0.717) is 30.7 Å². The third-order valence-corrected chi connectivity index (χ3v) is 8.98. The fourth-order valence-corrected chi connectivity index (χ4v) is 6.55. The van der Waals surface area contributed by atoms with Gasteiger partial charge in [0.1, 0.15) is 5.82 Å². The molecule has 0 spiro atoms. The van der Waals surface area contributed by atoms with Gasteiger partial charge in [-0.05, 0) is 72.4 Å². The average Bonchev–Trinajstić information content (AvgIpc) is 2.94. The fraction of sp³-hybridized carbons (Fsp3) is 0.400. The monoisotopic (exact) mass is 531 g/mol. The van der Waals surface area contributed by atoms with E-state index in [2.05, 4.69) is 28.2 Å². The molecule has 0 aliphatic heterocycles. The summed E-state index contributed by atoms with van der Waals surface area (Å²) >= 11 is 0. The van der Waals surface area contributed by atoms with Gasteiger partial charge in [0.15, 0.2) is 0 Å². The molecule has 4 aromatic rings. The molecule has 0 unspecified atom stereocenters. The van der Waals surface area contributed by atoms with Crippen LogP contribution in [0.4, 0.5) is 11.8 Å². The van der Waals surface area contributed by atoms with Gasteiger partial charge in [-0.2, -0.15) is 4.98 Å². The van der Waals surface area contributed by atoms with Crippen LogP contribution in [-0.2, 0) is 16.4 Å². The van der Waals surface area contributed by atoms with Crippen molar-refractivity contribution in [3.05, 3.63) is 72.3 Å². The van der Waals surface area contributed by atoms with Crippen molar-refractivity contribution in [2.75, 3.05) is 43.2 Å². The smallest absolute Gasteiger partial charge is 0.225 e. The maximum Gasteiger partial charge on any atom is 0.225 e. The van der Waals surface area contributed by atoms with Gasteiger partial charge in [0.2, 0.25) is 16.0 Å². The Hall–Kier alpha value is -3.23. The van der Waals surface area contributed by atoms with E-state index < -0.39 is 10.0 Å². The summed E-state index contributed by atoms with van der Waals surface area (Å²) in [5.74, 6) is 2.60. The zero-order valence-electron chi connectivity index (χ0n) is 22.2. The first-order valence-electron chi connectivity index (χ1n) is 13.5. The van der Waals surface area contributed by atoms with Crippen molar-refractivity contribution >= 4 is 43.5 Å². The molecule has 0 atom stereocenters. The highest BCUT2D eigenvalue weighted by molar-refractivity contribution is 7.89. The highest BCUT2D eigenvalue weighted by Gasteiger charge is 2.23. The van der Waals surface area contributed by atoms with Crippen LogP contribution in [0.3, 0.4) is 0 Å². The molecular formula is C30H37N5O2S. The van der Waals surface area contributed by atoms with Gasteiger partial charge in [-0.3, -0.25) is 0 Å². The van der Waals surface area contributed by atoms with E-state index in [1.165, 1.54) is 0 Å². The molecule has 1 fully saturated rings. The molecule has 0 saturated heterocycles. The minimum Gasteiger partial charge on any atom is -0.362 e. The third kappa shape index (κ3) is 6.42. The zero-order valence-corrected chi connectivity index (χ0v) is 23.0. The molecule has 7 nitrogen and oxygen atoms in total. The van der Waals surface area contributed by atoms with Crippen LogP contribution in [0.15, 0.2) is 66.7 Å². The number of fused-ring (bicyclic) bond motifs is 2. The van der Waals surface area contributed by atoms with Gasteiger partial charge in [-0.1, -0.05) is 54.6 Å². The Morgan fingerprint density at radius 3 is 2.24 bits per heavy atom. The number of rotatable bonds is 10. The number of aryl methyl sites for hydroxylation is 1. The number of aromatic nitrogens is 2. The van der Waals surface area contributed by atoms with Crippen molar-refractivity contribution < 1.29 is 8.42 Å². The van der Waals surface area contributed by atoms with Crippen molar-refractivity contribution in [3.8, 4) is 0 Å². The normalized spacial score (nSPS) is 18.1. The number of anilines is 2. The predicted octanol–water partition coefficient (Wildman–Crippen LogP) is 5.23. The summed E-state index contributed by atoms with van der Waals surface area (Å²) in [6.45, 7) is 1.35. The largest absolute Gasteiger partial charge is 0.362 e. The predicted molar refractivity (Wildman–Crippen MR) is 157 cm³/mol.